The van der Waals surface area contributed by atoms with E-state index in [1.54, 1.807) is 30.4 Å². The Morgan fingerprint density at radius 2 is 2.00 bits per heavy atom. The topological polar surface area (TPSA) is 73.5 Å². The summed E-state index contributed by atoms with van der Waals surface area (Å²) < 4.78 is 8.91. The molecule has 1 amide bonds. The molecule has 0 radical (unpaired) electrons. The average Bonchev–Trinajstić information content (AvgIpc) is 3.29. The molecule has 0 unspecified atom stereocenters. The van der Waals surface area contributed by atoms with Crippen LogP contribution in [-0.4, -0.2) is 32.2 Å². The molecular weight excluding hydrogens is 330 g/mol. The zero-order valence-electron chi connectivity index (χ0n) is 14.4. The molecule has 3 heterocycles. The molecule has 0 atom stereocenters. The predicted octanol–water partition coefficient (Wildman–Crippen LogP) is 3.09. The number of anilines is 1. The number of aromatic nitrogens is 4. The van der Waals surface area contributed by atoms with Crippen molar-refractivity contribution in [3.05, 3.63) is 72.3 Å². The van der Waals surface area contributed by atoms with Crippen LogP contribution in [0.2, 0.25) is 0 Å². The van der Waals surface area contributed by atoms with Crippen LogP contribution >= 0.6 is 0 Å². The number of hydrogen-bond donors (Lipinski definition) is 1. The van der Waals surface area contributed by atoms with Gasteiger partial charge in [0.15, 0.2) is 0 Å². The third kappa shape index (κ3) is 2.59. The summed E-state index contributed by atoms with van der Waals surface area (Å²) in [4.78, 5) is 17.0. The predicted molar refractivity (Wildman–Crippen MR) is 98.0 cm³/mol. The van der Waals surface area contributed by atoms with Crippen LogP contribution < -0.4 is 10.1 Å². The number of carbonyl (C=O) groups excluding carboxylic acids is 1. The molecule has 0 aliphatic heterocycles. The van der Waals surface area contributed by atoms with Crippen LogP contribution in [0.4, 0.5) is 5.82 Å². The molecule has 4 rings (SSSR count). The Balaban J connectivity index is 1.68. The number of imidazole rings is 1. The molecule has 4 aromatic rings. The first-order valence-corrected chi connectivity index (χ1v) is 8.10. The summed E-state index contributed by atoms with van der Waals surface area (Å²) in [5.41, 5.74) is 2.77. The lowest BCUT2D eigenvalue weighted by molar-refractivity contribution is 0.102. The van der Waals surface area contributed by atoms with Gasteiger partial charge in [0, 0.05) is 12.4 Å². The van der Waals surface area contributed by atoms with E-state index < -0.39 is 0 Å². The first-order chi connectivity index (χ1) is 12.7. The Morgan fingerprint density at radius 3 is 2.85 bits per heavy atom. The van der Waals surface area contributed by atoms with Crippen molar-refractivity contribution < 1.29 is 9.53 Å². The second-order valence-corrected chi connectivity index (χ2v) is 5.75. The molecule has 7 nitrogen and oxygen atoms in total. The van der Waals surface area contributed by atoms with E-state index in [0.717, 1.165) is 17.0 Å². The fourth-order valence-electron chi connectivity index (χ4n) is 2.91. The van der Waals surface area contributed by atoms with E-state index in [1.165, 1.54) is 0 Å². The number of para-hydroxylation sites is 2. The highest BCUT2D eigenvalue weighted by molar-refractivity contribution is 6.04. The van der Waals surface area contributed by atoms with Gasteiger partial charge >= 0.3 is 0 Å². The van der Waals surface area contributed by atoms with Crippen LogP contribution in [0.25, 0.3) is 11.3 Å². The Hall–Kier alpha value is -3.61. The Labute approximate surface area is 149 Å². The number of pyridine rings is 1. The third-order valence-corrected chi connectivity index (χ3v) is 4.24. The largest absolute Gasteiger partial charge is 0.494 e. The molecule has 0 bridgehead atoms. The number of nitrogens with zero attached hydrogens (tertiary/aromatic N) is 4. The number of rotatable bonds is 4. The van der Waals surface area contributed by atoms with Gasteiger partial charge in [0.1, 0.15) is 22.9 Å². The van der Waals surface area contributed by atoms with Gasteiger partial charge in [-0.3, -0.25) is 9.20 Å². The summed E-state index contributed by atoms with van der Waals surface area (Å²) in [6.07, 6.45) is 5.05. The smallest absolute Gasteiger partial charge is 0.260 e. The van der Waals surface area contributed by atoms with Gasteiger partial charge in [-0.1, -0.05) is 18.2 Å². The Morgan fingerprint density at radius 1 is 1.15 bits per heavy atom. The van der Waals surface area contributed by atoms with E-state index in [1.807, 2.05) is 53.8 Å². The molecule has 7 heteroatoms. The highest BCUT2D eigenvalue weighted by atomic mass is 16.5. The van der Waals surface area contributed by atoms with Crippen molar-refractivity contribution in [1.82, 2.24) is 19.2 Å². The van der Waals surface area contributed by atoms with Crippen molar-refractivity contribution in [2.24, 2.45) is 0 Å². The second-order valence-electron chi connectivity index (χ2n) is 5.75. The molecule has 0 spiro atoms. The van der Waals surface area contributed by atoms with Crippen LogP contribution in [0, 0.1) is 6.92 Å². The van der Waals surface area contributed by atoms with E-state index in [2.05, 4.69) is 15.4 Å². The molecule has 26 heavy (non-hydrogen) atoms. The van der Waals surface area contributed by atoms with E-state index in [4.69, 9.17) is 4.74 Å². The van der Waals surface area contributed by atoms with E-state index in [9.17, 15) is 4.79 Å². The Bertz CT molecular complexity index is 1100. The molecule has 0 aliphatic rings. The molecule has 0 saturated carbocycles. The normalized spacial score (nSPS) is 10.8. The number of benzene rings is 1. The van der Waals surface area contributed by atoms with Crippen molar-refractivity contribution in [2.45, 2.75) is 6.92 Å². The standard InChI is InChI=1S/C19H17N5O2/c1-13-14(12-21-24(13)15-6-3-4-7-16(15)26-2)19(25)22-18-9-5-8-17-20-10-11-23(17)18/h3-12H,1-2H3,(H,22,25). The van der Waals surface area contributed by atoms with Gasteiger partial charge in [0.05, 0.1) is 24.6 Å². The van der Waals surface area contributed by atoms with Crippen LogP contribution in [0.1, 0.15) is 16.1 Å². The van der Waals surface area contributed by atoms with E-state index in [0.29, 0.717) is 17.1 Å². The van der Waals surface area contributed by atoms with Crippen molar-refractivity contribution in [3.8, 4) is 11.4 Å². The van der Waals surface area contributed by atoms with Crippen molar-refractivity contribution in [2.75, 3.05) is 12.4 Å². The van der Waals surface area contributed by atoms with Gasteiger partial charge in [-0.05, 0) is 31.2 Å². The molecule has 1 N–H and O–H groups in total. The lowest BCUT2D eigenvalue weighted by Crippen LogP contribution is -2.15. The fourth-order valence-corrected chi connectivity index (χ4v) is 2.91. The summed E-state index contributed by atoms with van der Waals surface area (Å²) in [5.74, 6) is 1.10. The van der Waals surface area contributed by atoms with Crippen LogP contribution in [0.15, 0.2) is 61.1 Å². The monoisotopic (exact) mass is 347 g/mol. The zero-order valence-corrected chi connectivity index (χ0v) is 14.4. The number of nitrogens with one attached hydrogen (secondary N) is 1. The average molecular weight is 347 g/mol. The van der Waals surface area contributed by atoms with Gasteiger partial charge in [-0.15, -0.1) is 0 Å². The quantitative estimate of drug-likeness (QED) is 0.616. The zero-order chi connectivity index (χ0) is 18.1. The molecule has 0 aliphatic carbocycles. The first kappa shape index (κ1) is 15.9. The molecule has 0 fully saturated rings. The maximum absolute atomic E-state index is 12.8. The molecular formula is C19H17N5O2. The SMILES string of the molecule is COc1ccccc1-n1ncc(C(=O)Nc2cccc3nccn23)c1C. The van der Waals surface area contributed by atoms with E-state index >= 15 is 0 Å². The summed E-state index contributed by atoms with van der Waals surface area (Å²) in [7, 11) is 1.61. The number of hydrogen-bond acceptors (Lipinski definition) is 4. The second kappa shape index (κ2) is 6.36. The minimum atomic E-state index is -0.232. The van der Waals surface area contributed by atoms with Crippen LogP contribution in [-0.2, 0) is 0 Å². The summed E-state index contributed by atoms with van der Waals surface area (Å²) in [6.45, 7) is 1.85. The molecule has 0 saturated heterocycles. The van der Waals surface area contributed by atoms with Crippen molar-refractivity contribution in [3.63, 3.8) is 0 Å². The first-order valence-electron chi connectivity index (χ1n) is 8.10. The minimum Gasteiger partial charge on any atom is -0.494 e. The Kier molecular flexibility index (Phi) is 3.89. The number of fused-ring (bicyclic) bond motifs is 1. The van der Waals surface area contributed by atoms with Crippen LogP contribution in [0.3, 0.4) is 0 Å². The highest BCUT2D eigenvalue weighted by Gasteiger charge is 2.17. The molecule has 3 aromatic heterocycles. The lowest BCUT2D eigenvalue weighted by atomic mass is 10.2. The number of carbonyl (C=O) groups is 1. The van der Waals surface area contributed by atoms with Crippen LogP contribution in [0.5, 0.6) is 5.75 Å². The number of ether oxygens (including phenoxy) is 1. The van der Waals surface area contributed by atoms with Crippen molar-refractivity contribution >= 4 is 17.4 Å². The maximum atomic E-state index is 12.8. The lowest BCUT2D eigenvalue weighted by Gasteiger charge is -2.10. The van der Waals surface area contributed by atoms with Gasteiger partial charge < -0.3 is 10.1 Å². The summed E-state index contributed by atoms with van der Waals surface area (Å²) in [6, 6.07) is 13.1. The third-order valence-electron chi connectivity index (χ3n) is 4.24. The van der Waals surface area contributed by atoms with Gasteiger partial charge in [0.25, 0.3) is 5.91 Å². The van der Waals surface area contributed by atoms with Gasteiger partial charge in [0.2, 0.25) is 0 Å². The number of amides is 1. The van der Waals surface area contributed by atoms with Crippen molar-refractivity contribution in [1.29, 1.82) is 0 Å². The fraction of sp³-hybridized carbons (Fsp3) is 0.105. The molecule has 1 aromatic carbocycles. The highest BCUT2D eigenvalue weighted by Crippen LogP contribution is 2.24. The molecule has 130 valence electrons. The summed E-state index contributed by atoms with van der Waals surface area (Å²) in [5, 5.41) is 7.29. The van der Waals surface area contributed by atoms with E-state index in [-0.39, 0.29) is 5.91 Å². The van der Waals surface area contributed by atoms with Gasteiger partial charge in [-0.25, -0.2) is 9.67 Å². The number of methoxy groups -OCH3 is 1. The maximum Gasteiger partial charge on any atom is 0.260 e. The minimum absolute atomic E-state index is 0.232. The van der Waals surface area contributed by atoms with Gasteiger partial charge in [-0.2, -0.15) is 5.10 Å². The summed E-state index contributed by atoms with van der Waals surface area (Å²) >= 11 is 0.